The predicted molar refractivity (Wildman–Crippen MR) is 124 cm³/mol. The summed E-state index contributed by atoms with van der Waals surface area (Å²) in [5.41, 5.74) is 3.88. The Balaban J connectivity index is 1.42. The molecule has 0 fully saturated rings. The van der Waals surface area contributed by atoms with Gasteiger partial charge in [-0.2, -0.15) is 0 Å². The number of carbonyl (C=O) groups excluding carboxylic acids is 1. The SMILES string of the molecule is Cc1nccn1-c1ccc(CNC(=O)c2cc(-c3ccncc3)nc3ccccc23)cc1F. The molecule has 3 aromatic heterocycles. The number of aryl methyl sites for hydroxylation is 1. The largest absolute Gasteiger partial charge is 0.348 e. The molecule has 0 unspecified atom stereocenters. The first-order valence-electron chi connectivity index (χ1n) is 10.5. The summed E-state index contributed by atoms with van der Waals surface area (Å²) in [5.74, 6) is 0.0700. The Hall–Kier alpha value is -4.39. The molecule has 6 nitrogen and oxygen atoms in total. The van der Waals surface area contributed by atoms with E-state index in [0.29, 0.717) is 28.3 Å². The van der Waals surface area contributed by atoms with Crippen LogP contribution < -0.4 is 5.32 Å². The van der Waals surface area contributed by atoms with Gasteiger partial charge < -0.3 is 9.88 Å². The molecule has 0 aliphatic carbocycles. The van der Waals surface area contributed by atoms with Crippen molar-refractivity contribution < 1.29 is 9.18 Å². The van der Waals surface area contributed by atoms with Gasteiger partial charge in [-0.1, -0.05) is 24.3 Å². The third-order valence-electron chi connectivity index (χ3n) is 5.49. The maximum Gasteiger partial charge on any atom is 0.252 e. The summed E-state index contributed by atoms with van der Waals surface area (Å²) in [4.78, 5) is 26.0. The number of hydrogen-bond acceptors (Lipinski definition) is 4. The summed E-state index contributed by atoms with van der Waals surface area (Å²) >= 11 is 0. The highest BCUT2D eigenvalue weighted by atomic mass is 19.1. The van der Waals surface area contributed by atoms with Gasteiger partial charge in [-0.25, -0.2) is 14.4 Å². The fraction of sp³-hybridized carbons (Fsp3) is 0.0769. The van der Waals surface area contributed by atoms with E-state index in [-0.39, 0.29) is 18.3 Å². The monoisotopic (exact) mass is 437 g/mol. The van der Waals surface area contributed by atoms with Gasteiger partial charge >= 0.3 is 0 Å². The molecule has 162 valence electrons. The number of nitrogens with zero attached hydrogens (tertiary/aromatic N) is 4. The lowest BCUT2D eigenvalue weighted by Gasteiger charge is -2.12. The molecule has 1 N–H and O–H groups in total. The molecule has 0 saturated carbocycles. The van der Waals surface area contributed by atoms with Crippen LogP contribution in [-0.2, 0) is 6.54 Å². The summed E-state index contributed by atoms with van der Waals surface area (Å²) in [6.07, 6.45) is 6.72. The van der Waals surface area contributed by atoms with Crippen molar-refractivity contribution >= 4 is 16.8 Å². The Labute approximate surface area is 189 Å². The van der Waals surface area contributed by atoms with Crippen LogP contribution in [0.25, 0.3) is 27.8 Å². The topological polar surface area (TPSA) is 72.7 Å². The summed E-state index contributed by atoms with van der Waals surface area (Å²) < 4.78 is 16.4. The molecule has 7 heteroatoms. The van der Waals surface area contributed by atoms with Crippen molar-refractivity contribution in [1.82, 2.24) is 24.8 Å². The van der Waals surface area contributed by atoms with E-state index in [9.17, 15) is 9.18 Å². The van der Waals surface area contributed by atoms with Crippen LogP contribution in [0, 0.1) is 12.7 Å². The number of rotatable bonds is 5. The Bertz CT molecular complexity index is 1460. The zero-order valence-corrected chi connectivity index (χ0v) is 17.9. The van der Waals surface area contributed by atoms with E-state index in [0.717, 1.165) is 16.5 Å². The molecule has 0 atom stereocenters. The summed E-state index contributed by atoms with van der Waals surface area (Å²) in [5, 5.41) is 3.67. The maximum atomic E-state index is 14.7. The van der Waals surface area contributed by atoms with Crippen molar-refractivity contribution in [2.75, 3.05) is 0 Å². The average molecular weight is 437 g/mol. The van der Waals surface area contributed by atoms with Gasteiger partial charge in [0.15, 0.2) is 0 Å². The van der Waals surface area contributed by atoms with Crippen LogP contribution in [0.3, 0.4) is 0 Å². The van der Waals surface area contributed by atoms with E-state index < -0.39 is 0 Å². The third kappa shape index (κ3) is 4.08. The smallest absolute Gasteiger partial charge is 0.252 e. The first-order valence-corrected chi connectivity index (χ1v) is 10.5. The number of carbonyl (C=O) groups is 1. The molecule has 33 heavy (non-hydrogen) atoms. The molecular weight excluding hydrogens is 417 g/mol. The molecule has 0 saturated heterocycles. The van der Waals surface area contributed by atoms with Gasteiger partial charge in [0.05, 0.1) is 22.5 Å². The highest BCUT2D eigenvalue weighted by molar-refractivity contribution is 6.07. The van der Waals surface area contributed by atoms with Gasteiger partial charge in [0.2, 0.25) is 0 Å². The van der Waals surface area contributed by atoms with Crippen LogP contribution in [-0.4, -0.2) is 25.4 Å². The van der Waals surface area contributed by atoms with Gasteiger partial charge in [-0.05, 0) is 48.9 Å². The number of fused-ring (bicyclic) bond motifs is 1. The number of halogens is 1. The van der Waals surface area contributed by atoms with Crippen LogP contribution in [0.5, 0.6) is 0 Å². The van der Waals surface area contributed by atoms with Gasteiger partial charge in [0.1, 0.15) is 11.6 Å². The highest BCUT2D eigenvalue weighted by Crippen LogP contribution is 2.25. The lowest BCUT2D eigenvalue weighted by atomic mass is 10.0. The Kier molecular flexibility index (Phi) is 5.36. The lowest BCUT2D eigenvalue weighted by molar-refractivity contribution is 0.0952. The summed E-state index contributed by atoms with van der Waals surface area (Å²) in [6, 6.07) is 17.9. The molecule has 0 bridgehead atoms. The second kappa shape index (κ2) is 8.63. The maximum absolute atomic E-state index is 14.7. The van der Waals surface area contributed by atoms with E-state index in [2.05, 4.69) is 15.3 Å². The minimum Gasteiger partial charge on any atom is -0.348 e. The molecule has 1 amide bonds. The zero-order chi connectivity index (χ0) is 22.8. The Morgan fingerprint density at radius 3 is 2.61 bits per heavy atom. The second-order valence-corrected chi connectivity index (χ2v) is 7.62. The fourth-order valence-corrected chi connectivity index (χ4v) is 3.80. The zero-order valence-electron chi connectivity index (χ0n) is 17.9. The Morgan fingerprint density at radius 1 is 1.03 bits per heavy atom. The molecule has 0 radical (unpaired) electrons. The minimum absolute atomic E-state index is 0.195. The number of aromatic nitrogens is 4. The average Bonchev–Trinajstić information content (AvgIpc) is 3.28. The molecule has 0 aliphatic rings. The van der Waals surface area contributed by atoms with Gasteiger partial charge in [0, 0.05) is 42.3 Å². The number of pyridine rings is 2. The van der Waals surface area contributed by atoms with Crippen molar-refractivity contribution in [3.05, 3.63) is 108 Å². The van der Waals surface area contributed by atoms with Crippen molar-refractivity contribution in [1.29, 1.82) is 0 Å². The van der Waals surface area contributed by atoms with Crippen LogP contribution in [0.1, 0.15) is 21.7 Å². The summed E-state index contributed by atoms with van der Waals surface area (Å²) in [7, 11) is 0. The lowest BCUT2D eigenvalue weighted by Crippen LogP contribution is -2.23. The molecule has 5 aromatic rings. The van der Waals surface area contributed by atoms with Crippen LogP contribution in [0.2, 0.25) is 0 Å². The van der Waals surface area contributed by atoms with E-state index in [1.165, 1.54) is 6.07 Å². The number of benzene rings is 2. The van der Waals surface area contributed by atoms with E-state index in [1.54, 1.807) is 47.6 Å². The molecule has 3 heterocycles. The second-order valence-electron chi connectivity index (χ2n) is 7.62. The van der Waals surface area contributed by atoms with Crippen LogP contribution >= 0.6 is 0 Å². The van der Waals surface area contributed by atoms with Crippen molar-refractivity contribution in [2.45, 2.75) is 13.5 Å². The number of imidazole rings is 1. The van der Waals surface area contributed by atoms with Gasteiger partial charge in [0.25, 0.3) is 5.91 Å². The number of nitrogens with one attached hydrogen (secondary N) is 1. The number of para-hydroxylation sites is 1. The third-order valence-corrected chi connectivity index (χ3v) is 5.49. The summed E-state index contributed by atoms with van der Waals surface area (Å²) in [6.45, 7) is 2.01. The Morgan fingerprint density at radius 2 is 1.85 bits per heavy atom. The van der Waals surface area contributed by atoms with Crippen LogP contribution in [0.15, 0.2) is 85.5 Å². The number of hydrogen-bond donors (Lipinski definition) is 1. The predicted octanol–water partition coefficient (Wildman–Crippen LogP) is 4.86. The molecule has 5 rings (SSSR count). The molecule has 0 spiro atoms. The van der Waals surface area contributed by atoms with E-state index >= 15 is 0 Å². The van der Waals surface area contributed by atoms with Gasteiger partial charge in [-0.3, -0.25) is 9.78 Å². The van der Waals surface area contributed by atoms with Crippen molar-refractivity contribution in [3.63, 3.8) is 0 Å². The normalized spacial score (nSPS) is 11.0. The fourth-order valence-electron chi connectivity index (χ4n) is 3.80. The first-order chi connectivity index (χ1) is 16.1. The quantitative estimate of drug-likeness (QED) is 0.426. The van der Waals surface area contributed by atoms with Crippen molar-refractivity contribution in [3.8, 4) is 16.9 Å². The first kappa shape index (κ1) is 20.5. The highest BCUT2D eigenvalue weighted by Gasteiger charge is 2.14. The minimum atomic E-state index is -0.378. The standard InChI is InChI=1S/C26H20FN5O/c1-17-29-12-13-32(17)25-7-6-18(14-22(25)27)16-30-26(33)21-15-24(19-8-10-28-11-9-19)31-23-5-3-2-4-20(21)23/h2-15H,16H2,1H3,(H,30,33). The molecular formula is C26H20FN5O. The molecule has 0 aliphatic heterocycles. The molecule has 2 aromatic carbocycles. The number of amides is 1. The van der Waals surface area contributed by atoms with E-state index in [1.807, 2.05) is 43.3 Å². The van der Waals surface area contributed by atoms with E-state index in [4.69, 9.17) is 4.98 Å². The van der Waals surface area contributed by atoms with Crippen LogP contribution in [0.4, 0.5) is 4.39 Å². The van der Waals surface area contributed by atoms with Crippen molar-refractivity contribution in [2.24, 2.45) is 0 Å². The van der Waals surface area contributed by atoms with Gasteiger partial charge in [-0.15, -0.1) is 0 Å².